The van der Waals surface area contributed by atoms with Crippen molar-refractivity contribution in [1.29, 1.82) is 0 Å². The fraction of sp³-hybridized carbons (Fsp3) is 0.722. The Morgan fingerprint density at radius 2 is 2.12 bits per heavy atom. The van der Waals surface area contributed by atoms with Crippen molar-refractivity contribution in [2.24, 2.45) is 15.8 Å². The lowest BCUT2D eigenvalue weighted by Crippen LogP contribution is -2.49. The van der Waals surface area contributed by atoms with Crippen LogP contribution in [0.3, 0.4) is 0 Å². The van der Waals surface area contributed by atoms with Gasteiger partial charge in [0.15, 0.2) is 0 Å². The summed E-state index contributed by atoms with van der Waals surface area (Å²) in [6, 6.07) is -0.203. The van der Waals surface area contributed by atoms with E-state index < -0.39 is 0 Å². The molecule has 1 aromatic rings. The molecule has 1 saturated carbocycles. The van der Waals surface area contributed by atoms with Gasteiger partial charge in [-0.3, -0.25) is 9.89 Å². The van der Waals surface area contributed by atoms with Crippen LogP contribution in [-0.4, -0.2) is 46.3 Å². The Hall–Kier alpha value is -2.34. The van der Waals surface area contributed by atoms with Crippen LogP contribution < -0.4 is 10.9 Å². The van der Waals surface area contributed by atoms with Crippen LogP contribution >= 0.6 is 0 Å². The summed E-state index contributed by atoms with van der Waals surface area (Å²) in [5.41, 5.74) is 1.29. The number of aromatic nitrogens is 2. The van der Waals surface area contributed by atoms with Gasteiger partial charge in [0.25, 0.3) is 5.56 Å². The number of H-pyrrole nitrogens is 2. The molecule has 2 atom stereocenters. The first kappa shape index (κ1) is 18.5. The zero-order chi connectivity index (χ0) is 18.9. The molecule has 3 rings (SSSR count). The number of nitrogens with one attached hydrogen (secondary N) is 3. The van der Waals surface area contributed by atoms with E-state index in [1.807, 2.05) is 0 Å². The van der Waals surface area contributed by atoms with Crippen molar-refractivity contribution >= 4 is 12.1 Å². The number of aromatic amines is 2. The number of urea groups is 1. The highest BCUT2D eigenvalue weighted by Crippen LogP contribution is 2.46. The second kappa shape index (κ2) is 6.76. The summed E-state index contributed by atoms with van der Waals surface area (Å²) >= 11 is 0. The second-order valence-electron chi connectivity index (χ2n) is 8.80. The van der Waals surface area contributed by atoms with Crippen molar-refractivity contribution in [2.45, 2.75) is 59.0 Å². The number of rotatable bonds is 3. The van der Waals surface area contributed by atoms with Crippen molar-refractivity contribution in [1.82, 2.24) is 20.4 Å². The summed E-state index contributed by atoms with van der Waals surface area (Å²) in [7, 11) is 0. The van der Waals surface area contributed by atoms with Gasteiger partial charge in [0.1, 0.15) is 0 Å². The first-order valence-corrected chi connectivity index (χ1v) is 9.10. The molecule has 8 nitrogen and oxygen atoms in total. The highest BCUT2D eigenvalue weighted by atomic mass is 16.2. The Morgan fingerprint density at radius 3 is 2.85 bits per heavy atom. The van der Waals surface area contributed by atoms with Crippen molar-refractivity contribution in [2.75, 3.05) is 13.1 Å². The largest absolute Gasteiger partial charge is 0.337 e. The minimum absolute atomic E-state index is 0.0471. The molecule has 1 aromatic heterocycles. The highest BCUT2D eigenvalue weighted by Gasteiger charge is 2.41. The Morgan fingerprint density at radius 1 is 1.35 bits per heavy atom. The summed E-state index contributed by atoms with van der Waals surface area (Å²) in [5, 5.41) is 8.47. The molecule has 2 amide bonds. The number of hydrogen-bond donors (Lipinski definition) is 3. The Kier molecular flexibility index (Phi) is 4.80. The van der Waals surface area contributed by atoms with Gasteiger partial charge >= 0.3 is 6.03 Å². The molecule has 3 N–H and O–H groups in total. The molecule has 0 spiro atoms. The van der Waals surface area contributed by atoms with Gasteiger partial charge in [-0.25, -0.2) is 14.6 Å². The van der Waals surface area contributed by atoms with E-state index in [1.165, 1.54) is 0 Å². The second-order valence-corrected chi connectivity index (χ2v) is 8.80. The van der Waals surface area contributed by atoms with Gasteiger partial charge in [-0.05, 0) is 30.1 Å². The number of nitrogens with zero attached hydrogens (tertiary/aromatic N) is 2. The zero-order valence-corrected chi connectivity index (χ0v) is 15.6. The monoisotopic (exact) mass is 361 g/mol. The van der Waals surface area contributed by atoms with E-state index in [4.69, 9.17) is 0 Å². The van der Waals surface area contributed by atoms with Gasteiger partial charge in [-0.15, -0.1) is 0 Å². The van der Waals surface area contributed by atoms with Gasteiger partial charge in [-0.1, -0.05) is 20.8 Å². The number of carbonyl (C=O) groups is 1. The molecule has 142 valence electrons. The molecule has 1 fully saturated rings. The van der Waals surface area contributed by atoms with E-state index in [1.54, 1.807) is 11.0 Å². The lowest BCUT2D eigenvalue weighted by molar-refractivity contribution is 0.0828. The average Bonchev–Trinajstić information content (AvgIpc) is 2.92. The van der Waals surface area contributed by atoms with E-state index in [2.05, 4.69) is 41.3 Å². The van der Waals surface area contributed by atoms with Crippen molar-refractivity contribution in [3.8, 4) is 0 Å². The maximum Gasteiger partial charge on any atom is 0.317 e. The molecular weight excluding hydrogens is 334 g/mol. The lowest BCUT2D eigenvalue weighted by Gasteiger charge is -2.45. The zero-order valence-electron chi connectivity index (χ0n) is 15.6. The van der Waals surface area contributed by atoms with E-state index >= 15 is 0 Å². The average molecular weight is 361 g/mol. The maximum atomic E-state index is 12.6. The fourth-order valence-electron chi connectivity index (χ4n) is 4.77. The fourth-order valence-corrected chi connectivity index (χ4v) is 4.77. The predicted octanol–water partition coefficient (Wildman–Crippen LogP) is 1.69. The van der Waals surface area contributed by atoms with Crippen LogP contribution in [0.5, 0.6) is 0 Å². The molecule has 8 heteroatoms. The van der Waals surface area contributed by atoms with Crippen LogP contribution in [0.25, 0.3) is 0 Å². The van der Waals surface area contributed by atoms with Gasteiger partial charge in [0.05, 0.1) is 18.2 Å². The molecule has 1 aliphatic carbocycles. The maximum absolute atomic E-state index is 12.6. The van der Waals surface area contributed by atoms with Crippen LogP contribution in [0.4, 0.5) is 4.79 Å². The molecule has 0 aromatic carbocycles. The van der Waals surface area contributed by atoms with E-state index in [9.17, 15) is 14.4 Å². The predicted molar refractivity (Wildman–Crippen MR) is 96.6 cm³/mol. The molecule has 0 saturated heterocycles. The summed E-state index contributed by atoms with van der Waals surface area (Å²) in [6.45, 7) is 7.89. The number of carbonyl (C=O) groups excluding carboxylic acids is 2. The normalized spacial score (nSPS) is 27.3. The summed E-state index contributed by atoms with van der Waals surface area (Å²) in [6.07, 6.45) is 4.89. The number of fused-ring (bicyclic) bond motifs is 1. The van der Waals surface area contributed by atoms with Crippen molar-refractivity contribution < 1.29 is 9.59 Å². The SMILES string of the molecule is CC1(C)CC(N=C=O)CC(C)(CNC(=O)N2CCc3[nH][nH]c(=O)c3C2)C1. The molecule has 2 aliphatic rings. The quantitative estimate of drug-likeness (QED) is 0.563. The molecule has 26 heavy (non-hydrogen) atoms. The van der Waals surface area contributed by atoms with E-state index in [-0.39, 0.29) is 28.5 Å². The Bertz CT molecular complexity index is 789. The Balaban J connectivity index is 1.62. The van der Waals surface area contributed by atoms with Gasteiger partial charge in [0, 0.05) is 25.2 Å². The van der Waals surface area contributed by atoms with Crippen LogP contribution in [-0.2, 0) is 17.8 Å². The topological polar surface area (TPSA) is 110 Å². The first-order valence-electron chi connectivity index (χ1n) is 9.10. The van der Waals surface area contributed by atoms with E-state index in [0.717, 1.165) is 25.0 Å². The van der Waals surface area contributed by atoms with Gasteiger partial charge in [-0.2, -0.15) is 0 Å². The molecule has 1 aliphatic heterocycles. The molecule has 2 heterocycles. The molecule has 0 bridgehead atoms. The number of amides is 2. The number of aliphatic imine (C=N–C) groups is 1. The third kappa shape index (κ3) is 3.90. The summed E-state index contributed by atoms with van der Waals surface area (Å²) in [4.78, 5) is 40.7. The molecule has 0 radical (unpaired) electrons. The van der Waals surface area contributed by atoms with Crippen LogP contribution in [0.15, 0.2) is 9.79 Å². The van der Waals surface area contributed by atoms with Crippen LogP contribution in [0.1, 0.15) is 51.3 Å². The van der Waals surface area contributed by atoms with Crippen LogP contribution in [0, 0.1) is 10.8 Å². The van der Waals surface area contributed by atoms with Gasteiger partial charge in [0.2, 0.25) is 6.08 Å². The summed E-state index contributed by atoms with van der Waals surface area (Å²) in [5.74, 6) is 0. The van der Waals surface area contributed by atoms with Gasteiger partial charge < -0.3 is 15.3 Å². The van der Waals surface area contributed by atoms with Crippen LogP contribution in [0.2, 0.25) is 0 Å². The van der Waals surface area contributed by atoms with Crippen molar-refractivity contribution in [3.05, 3.63) is 21.6 Å². The lowest BCUT2D eigenvalue weighted by atomic mass is 9.63. The van der Waals surface area contributed by atoms with Crippen molar-refractivity contribution in [3.63, 3.8) is 0 Å². The number of isocyanates is 1. The highest BCUT2D eigenvalue weighted by molar-refractivity contribution is 5.74. The first-order chi connectivity index (χ1) is 12.2. The smallest absolute Gasteiger partial charge is 0.317 e. The third-order valence-corrected chi connectivity index (χ3v) is 5.56. The number of hydrogen-bond acceptors (Lipinski definition) is 4. The summed E-state index contributed by atoms with van der Waals surface area (Å²) < 4.78 is 0. The molecular formula is C18H27N5O3. The standard InChI is InChI=1S/C18H27N5O3/c1-17(2)6-12(20-11-24)7-18(3,9-17)10-19-16(26)23-5-4-14-13(8-23)15(25)22-21-14/h12H,4-10H2,1-3H3,(H,19,26)(H2,21,22,25). The minimum Gasteiger partial charge on any atom is -0.337 e. The Labute approximate surface area is 152 Å². The third-order valence-electron chi connectivity index (χ3n) is 5.56. The van der Waals surface area contributed by atoms with E-state index in [0.29, 0.717) is 31.6 Å². The molecule has 2 unspecified atom stereocenters. The minimum atomic E-state index is -0.159.